The van der Waals surface area contributed by atoms with Gasteiger partial charge in [-0.25, -0.2) is 0 Å². The Morgan fingerprint density at radius 1 is 0.909 bits per heavy atom. The van der Waals surface area contributed by atoms with Crippen LogP contribution < -0.4 is 9.47 Å². The predicted octanol–water partition coefficient (Wildman–Crippen LogP) is 2.17. The van der Waals surface area contributed by atoms with Gasteiger partial charge in [0.05, 0.1) is 6.42 Å². The van der Waals surface area contributed by atoms with Gasteiger partial charge in [-0.3, -0.25) is 9.59 Å². The number of phenols is 2. The SMILES string of the molecule is CC(=O)Oc1ccccc1OC(=O)Cc1c(O)cccc1O. The van der Waals surface area contributed by atoms with Gasteiger partial charge in [0, 0.05) is 12.5 Å². The molecule has 0 aliphatic heterocycles. The molecule has 0 spiro atoms. The van der Waals surface area contributed by atoms with Crippen LogP contribution in [0.1, 0.15) is 12.5 Å². The lowest BCUT2D eigenvalue weighted by atomic mass is 10.1. The molecule has 0 heterocycles. The van der Waals surface area contributed by atoms with Crippen molar-refractivity contribution in [2.24, 2.45) is 0 Å². The molecule has 114 valence electrons. The summed E-state index contributed by atoms with van der Waals surface area (Å²) >= 11 is 0. The van der Waals surface area contributed by atoms with Crippen molar-refractivity contribution in [1.29, 1.82) is 0 Å². The van der Waals surface area contributed by atoms with Gasteiger partial charge in [-0.05, 0) is 24.3 Å². The number of carbonyl (C=O) groups is 2. The maximum absolute atomic E-state index is 11.9. The molecule has 0 fully saturated rings. The summed E-state index contributed by atoms with van der Waals surface area (Å²) in [6.45, 7) is 1.23. The molecule has 2 aromatic carbocycles. The van der Waals surface area contributed by atoms with Crippen molar-refractivity contribution in [3.8, 4) is 23.0 Å². The van der Waals surface area contributed by atoms with Gasteiger partial charge in [0.15, 0.2) is 11.5 Å². The topological polar surface area (TPSA) is 93.1 Å². The molecule has 0 saturated carbocycles. The Kier molecular flexibility index (Phi) is 4.63. The van der Waals surface area contributed by atoms with E-state index in [2.05, 4.69) is 0 Å². The van der Waals surface area contributed by atoms with Crippen molar-refractivity contribution in [2.75, 3.05) is 0 Å². The fraction of sp³-hybridized carbons (Fsp3) is 0.125. The molecular formula is C16H14O6. The van der Waals surface area contributed by atoms with Crippen molar-refractivity contribution in [2.45, 2.75) is 13.3 Å². The maximum Gasteiger partial charge on any atom is 0.316 e. The molecule has 6 heteroatoms. The Labute approximate surface area is 126 Å². The zero-order valence-corrected chi connectivity index (χ0v) is 11.8. The monoisotopic (exact) mass is 302 g/mol. The number of esters is 2. The molecule has 0 unspecified atom stereocenters. The Bertz CT molecular complexity index is 687. The first-order chi connectivity index (χ1) is 10.5. The largest absolute Gasteiger partial charge is 0.508 e. The number of aromatic hydroxyl groups is 2. The molecular weight excluding hydrogens is 288 g/mol. The van der Waals surface area contributed by atoms with E-state index in [-0.39, 0.29) is 35.0 Å². The van der Waals surface area contributed by atoms with Gasteiger partial charge in [0.1, 0.15) is 11.5 Å². The number of benzene rings is 2. The smallest absolute Gasteiger partial charge is 0.316 e. The minimum absolute atomic E-state index is 0.0671. The number of carbonyl (C=O) groups excluding carboxylic acids is 2. The average molecular weight is 302 g/mol. The lowest BCUT2D eigenvalue weighted by Crippen LogP contribution is -2.13. The second-order valence-electron chi connectivity index (χ2n) is 4.47. The second-order valence-corrected chi connectivity index (χ2v) is 4.47. The molecule has 0 aliphatic carbocycles. The summed E-state index contributed by atoms with van der Waals surface area (Å²) in [5, 5.41) is 19.3. The first kappa shape index (κ1) is 15.4. The molecule has 0 bridgehead atoms. The van der Waals surface area contributed by atoms with E-state index in [1.165, 1.54) is 37.3 Å². The number of para-hydroxylation sites is 2. The van der Waals surface area contributed by atoms with E-state index in [1.807, 2.05) is 0 Å². The van der Waals surface area contributed by atoms with Crippen LogP contribution in [-0.4, -0.2) is 22.2 Å². The van der Waals surface area contributed by atoms with Crippen molar-refractivity contribution in [3.05, 3.63) is 48.0 Å². The van der Waals surface area contributed by atoms with Crippen LogP contribution in [0.25, 0.3) is 0 Å². The van der Waals surface area contributed by atoms with Gasteiger partial charge >= 0.3 is 11.9 Å². The number of ether oxygens (including phenoxy) is 2. The summed E-state index contributed by atoms with van der Waals surface area (Å²) in [6.07, 6.45) is -0.326. The van der Waals surface area contributed by atoms with Gasteiger partial charge in [0.25, 0.3) is 0 Å². The molecule has 0 aromatic heterocycles. The highest BCUT2D eigenvalue weighted by molar-refractivity contribution is 5.78. The van der Waals surface area contributed by atoms with E-state index < -0.39 is 11.9 Å². The average Bonchev–Trinajstić information content (AvgIpc) is 2.45. The molecule has 6 nitrogen and oxygen atoms in total. The van der Waals surface area contributed by atoms with Crippen LogP contribution in [0.4, 0.5) is 0 Å². The summed E-state index contributed by atoms with van der Waals surface area (Å²) in [5.41, 5.74) is 0.0671. The molecule has 0 radical (unpaired) electrons. The fourth-order valence-corrected chi connectivity index (χ4v) is 1.82. The van der Waals surface area contributed by atoms with Crippen LogP contribution in [0.3, 0.4) is 0 Å². The van der Waals surface area contributed by atoms with Crippen molar-refractivity contribution in [1.82, 2.24) is 0 Å². The first-order valence-electron chi connectivity index (χ1n) is 6.45. The highest BCUT2D eigenvalue weighted by atomic mass is 16.6. The maximum atomic E-state index is 11.9. The van der Waals surface area contributed by atoms with Gasteiger partial charge < -0.3 is 19.7 Å². The Balaban J connectivity index is 2.14. The van der Waals surface area contributed by atoms with Gasteiger partial charge in [-0.15, -0.1) is 0 Å². The van der Waals surface area contributed by atoms with Gasteiger partial charge in [0.2, 0.25) is 0 Å². The third-order valence-corrected chi connectivity index (χ3v) is 2.77. The molecule has 2 aromatic rings. The van der Waals surface area contributed by atoms with E-state index in [4.69, 9.17) is 9.47 Å². The first-order valence-corrected chi connectivity index (χ1v) is 6.45. The second kappa shape index (κ2) is 6.62. The molecule has 0 atom stereocenters. The predicted molar refractivity (Wildman–Crippen MR) is 76.9 cm³/mol. The fourth-order valence-electron chi connectivity index (χ4n) is 1.82. The standard InChI is InChI=1S/C16H14O6/c1-10(17)21-14-7-2-3-8-15(14)22-16(20)9-11-12(18)5-4-6-13(11)19/h2-8,18-19H,9H2,1H3. The van der Waals surface area contributed by atoms with Gasteiger partial charge in [-0.1, -0.05) is 18.2 Å². The molecule has 0 amide bonds. The van der Waals surface area contributed by atoms with E-state index >= 15 is 0 Å². The summed E-state index contributed by atoms with van der Waals surface area (Å²) in [4.78, 5) is 22.9. The molecule has 22 heavy (non-hydrogen) atoms. The quantitative estimate of drug-likeness (QED) is 0.664. The van der Waals surface area contributed by atoms with Crippen molar-refractivity contribution in [3.63, 3.8) is 0 Å². The molecule has 2 N–H and O–H groups in total. The lowest BCUT2D eigenvalue weighted by molar-refractivity contribution is -0.135. The molecule has 0 aliphatic rings. The van der Waals surface area contributed by atoms with E-state index in [1.54, 1.807) is 12.1 Å². The van der Waals surface area contributed by atoms with Crippen LogP contribution in [0.2, 0.25) is 0 Å². The molecule has 2 rings (SSSR count). The van der Waals surface area contributed by atoms with Crippen LogP contribution in [-0.2, 0) is 16.0 Å². The number of hydrogen-bond acceptors (Lipinski definition) is 6. The van der Waals surface area contributed by atoms with E-state index in [0.717, 1.165) is 0 Å². The van der Waals surface area contributed by atoms with Crippen LogP contribution in [0.15, 0.2) is 42.5 Å². The van der Waals surface area contributed by atoms with Crippen LogP contribution in [0, 0.1) is 0 Å². The van der Waals surface area contributed by atoms with E-state index in [0.29, 0.717) is 0 Å². The Hall–Kier alpha value is -3.02. The molecule has 0 saturated heterocycles. The minimum atomic E-state index is -0.712. The zero-order chi connectivity index (χ0) is 16.1. The summed E-state index contributed by atoms with van der Waals surface area (Å²) in [7, 11) is 0. The number of phenolic OH excluding ortho intramolecular Hbond substituents is 2. The highest BCUT2D eigenvalue weighted by Crippen LogP contribution is 2.29. The summed E-state index contributed by atoms with van der Waals surface area (Å²) < 4.78 is 10.1. The van der Waals surface area contributed by atoms with Gasteiger partial charge in [-0.2, -0.15) is 0 Å². The number of hydrogen-bond donors (Lipinski definition) is 2. The van der Waals surface area contributed by atoms with E-state index in [9.17, 15) is 19.8 Å². The normalized spacial score (nSPS) is 10.0. The lowest BCUT2D eigenvalue weighted by Gasteiger charge is -2.10. The van der Waals surface area contributed by atoms with Crippen molar-refractivity contribution >= 4 is 11.9 Å². The summed E-state index contributed by atoms with van der Waals surface area (Å²) in [5.74, 6) is -1.46. The third kappa shape index (κ3) is 3.76. The minimum Gasteiger partial charge on any atom is -0.508 e. The zero-order valence-electron chi connectivity index (χ0n) is 11.8. The van der Waals surface area contributed by atoms with Crippen molar-refractivity contribution < 1.29 is 29.3 Å². The van der Waals surface area contributed by atoms with Crippen LogP contribution in [0.5, 0.6) is 23.0 Å². The Morgan fingerprint density at radius 2 is 1.45 bits per heavy atom. The summed E-state index contributed by atoms with van der Waals surface area (Å²) in [6, 6.07) is 10.4. The van der Waals surface area contributed by atoms with Crippen LogP contribution >= 0.6 is 0 Å². The number of rotatable bonds is 4. The highest BCUT2D eigenvalue weighted by Gasteiger charge is 2.16. The Morgan fingerprint density at radius 3 is 2.00 bits per heavy atom. The third-order valence-electron chi connectivity index (χ3n) is 2.77.